The highest BCUT2D eigenvalue weighted by atomic mass is 35.5. The molecule has 0 bridgehead atoms. The third-order valence-corrected chi connectivity index (χ3v) is 2.07. The molecule has 0 radical (unpaired) electrons. The summed E-state index contributed by atoms with van der Waals surface area (Å²) in [4.78, 5) is 3.96. The zero-order valence-corrected chi connectivity index (χ0v) is 7.12. The minimum Gasteiger partial charge on any atom is -0.326 e. The number of aromatic nitrogens is 2. The smallest absolute Gasteiger partial charge is 0.207 e. The fraction of sp³-hybridized carbons (Fsp3) is 0.125. The van der Waals surface area contributed by atoms with Crippen molar-refractivity contribution in [1.29, 1.82) is 0 Å². The summed E-state index contributed by atoms with van der Waals surface area (Å²) in [7, 11) is 0. The molecule has 0 spiro atoms. The summed E-state index contributed by atoms with van der Waals surface area (Å²) in [6.07, 6.45) is 3.59. The van der Waals surface area contributed by atoms with Crippen molar-refractivity contribution < 1.29 is 0 Å². The van der Waals surface area contributed by atoms with E-state index in [4.69, 9.17) is 17.3 Å². The molecule has 0 amide bonds. The van der Waals surface area contributed by atoms with Gasteiger partial charge in [-0.25, -0.2) is 4.98 Å². The summed E-state index contributed by atoms with van der Waals surface area (Å²) >= 11 is 5.79. The Morgan fingerprint density at radius 1 is 1.58 bits per heavy atom. The summed E-state index contributed by atoms with van der Waals surface area (Å²) in [6.45, 7) is 0.541. The van der Waals surface area contributed by atoms with Gasteiger partial charge in [0.1, 0.15) is 0 Å². The lowest BCUT2D eigenvalue weighted by molar-refractivity contribution is 1.05. The van der Waals surface area contributed by atoms with Crippen molar-refractivity contribution in [2.45, 2.75) is 6.54 Å². The molecule has 3 nitrogen and oxygen atoms in total. The van der Waals surface area contributed by atoms with E-state index in [0.717, 1.165) is 11.1 Å². The van der Waals surface area contributed by atoms with Gasteiger partial charge >= 0.3 is 0 Å². The van der Waals surface area contributed by atoms with Crippen LogP contribution in [-0.2, 0) is 6.54 Å². The average Bonchev–Trinajstić information content (AvgIpc) is 2.47. The molecule has 2 heterocycles. The highest BCUT2D eigenvalue weighted by Gasteiger charge is 1.99. The Hall–Kier alpha value is -1.06. The van der Waals surface area contributed by atoms with Gasteiger partial charge in [-0.1, -0.05) is 0 Å². The van der Waals surface area contributed by atoms with Crippen molar-refractivity contribution in [3.63, 3.8) is 0 Å². The van der Waals surface area contributed by atoms with Gasteiger partial charge in [0.15, 0.2) is 0 Å². The first-order valence-corrected chi connectivity index (χ1v) is 4.00. The van der Waals surface area contributed by atoms with Gasteiger partial charge in [-0.3, -0.25) is 4.40 Å². The number of imidazole rings is 1. The SMILES string of the molecule is NCc1ccn2c(Cl)ncc2c1. The van der Waals surface area contributed by atoms with Crippen LogP contribution in [0.2, 0.25) is 5.28 Å². The monoisotopic (exact) mass is 181 g/mol. The maximum absolute atomic E-state index is 5.79. The van der Waals surface area contributed by atoms with E-state index < -0.39 is 0 Å². The largest absolute Gasteiger partial charge is 0.326 e. The minimum atomic E-state index is 0.480. The number of halogens is 1. The summed E-state index contributed by atoms with van der Waals surface area (Å²) in [6, 6.07) is 3.90. The van der Waals surface area contributed by atoms with Crippen LogP contribution in [0, 0.1) is 0 Å². The molecule has 62 valence electrons. The molecule has 2 N–H and O–H groups in total. The van der Waals surface area contributed by atoms with E-state index in [1.54, 1.807) is 10.6 Å². The van der Waals surface area contributed by atoms with Crippen molar-refractivity contribution in [1.82, 2.24) is 9.38 Å². The molecule has 2 aromatic rings. The number of fused-ring (bicyclic) bond motifs is 1. The fourth-order valence-corrected chi connectivity index (χ4v) is 1.34. The molecular formula is C8H8ClN3. The highest BCUT2D eigenvalue weighted by molar-refractivity contribution is 6.28. The predicted molar refractivity (Wildman–Crippen MR) is 48.1 cm³/mol. The normalized spacial score (nSPS) is 10.8. The number of nitrogens with two attached hydrogens (primary N) is 1. The molecule has 0 atom stereocenters. The number of rotatable bonds is 1. The van der Waals surface area contributed by atoms with E-state index in [-0.39, 0.29) is 0 Å². The van der Waals surface area contributed by atoms with Gasteiger partial charge in [-0.2, -0.15) is 0 Å². The van der Waals surface area contributed by atoms with Crippen LogP contribution in [0.4, 0.5) is 0 Å². The van der Waals surface area contributed by atoms with Crippen LogP contribution in [-0.4, -0.2) is 9.38 Å². The van der Waals surface area contributed by atoms with E-state index >= 15 is 0 Å². The lowest BCUT2D eigenvalue weighted by Gasteiger charge is -1.97. The molecule has 4 heteroatoms. The molecule has 0 aliphatic heterocycles. The van der Waals surface area contributed by atoms with Crippen LogP contribution < -0.4 is 5.73 Å². The highest BCUT2D eigenvalue weighted by Crippen LogP contribution is 2.12. The molecule has 12 heavy (non-hydrogen) atoms. The van der Waals surface area contributed by atoms with E-state index in [9.17, 15) is 0 Å². The summed E-state index contributed by atoms with van der Waals surface area (Å²) in [5, 5.41) is 0.480. The first kappa shape index (κ1) is 7.58. The lowest BCUT2D eigenvalue weighted by atomic mass is 10.2. The lowest BCUT2D eigenvalue weighted by Crippen LogP contribution is -1.96. The molecular weight excluding hydrogens is 174 g/mol. The third kappa shape index (κ3) is 1.07. The van der Waals surface area contributed by atoms with Crippen LogP contribution in [0.1, 0.15) is 5.56 Å². The zero-order valence-electron chi connectivity index (χ0n) is 6.37. The van der Waals surface area contributed by atoms with Gasteiger partial charge in [0.2, 0.25) is 5.28 Å². The van der Waals surface area contributed by atoms with E-state index in [1.165, 1.54) is 0 Å². The molecule has 0 fully saturated rings. The maximum atomic E-state index is 5.79. The molecule has 0 saturated heterocycles. The van der Waals surface area contributed by atoms with Crippen molar-refractivity contribution in [3.05, 3.63) is 35.4 Å². The number of hydrogen-bond donors (Lipinski definition) is 1. The number of hydrogen-bond acceptors (Lipinski definition) is 2. The van der Waals surface area contributed by atoms with Crippen LogP contribution in [0.3, 0.4) is 0 Å². The number of nitrogens with zero attached hydrogens (tertiary/aromatic N) is 2. The van der Waals surface area contributed by atoms with Crippen molar-refractivity contribution in [2.75, 3.05) is 0 Å². The second-order valence-corrected chi connectivity index (χ2v) is 2.90. The third-order valence-electron chi connectivity index (χ3n) is 1.79. The average molecular weight is 182 g/mol. The van der Waals surface area contributed by atoms with Crippen LogP contribution in [0.25, 0.3) is 5.52 Å². The molecule has 0 unspecified atom stereocenters. The summed E-state index contributed by atoms with van der Waals surface area (Å²) in [5.41, 5.74) is 7.54. The first-order valence-electron chi connectivity index (χ1n) is 3.63. The van der Waals surface area contributed by atoms with Gasteiger partial charge in [0, 0.05) is 12.7 Å². The Bertz CT molecular complexity index is 408. The second-order valence-electron chi connectivity index (χ2n) is 2.56. The molecule has 0 aliphatic carbocycles. The van der Waals surface area contributed by atoms with E-state index in [2.05, 4.69) is 4.98 Å². The Morgan fingerprint density at radius 2 is 2.42 bits per heavy atom. The fourth-order valence-electron chi connectivity index (χ4n) is 1.14. The minimum absolute atomic E-state index is 0.480. The van der Waals surface area contributed by atoms with Gasteiger partial charge < -0.3 is 5.73 Å². The Balaban J connectivity index is 2.69. The van der Waals surface area contributed by atoms with Crippen molar-refractivity contribution in [3.8, 4) is 0 Å². The quantitative estimate of drug-likeness (QED) is 0.724. The maximum Gasteiger partial charge on any atom is 0.207 e. The van der Waals surface area contributed by atoms with Crippen LogP contribution in [0.5, 0.6) is 0 Å². The topological polar surface area (TPSA) is 43.3 Å². The van der Waals surface area contributed by atoms with Crippen LogP contribution in [0.15, 0.2) is 24.5 Å². The standard InChI is InChI=1S/C8H8ClN3/c9-8-11-5-7-3-6(4-10)1-2-12(7)8/h1-3,5H,4,10H2. The van der Waals surface area contributed by atoms with Crippen molar-refractivity contribution >= 4 is 17.1 Å². The summed E-state index contributed by atoms with van der Waals surface area (Å²) in [5.74, 6) is 0. The second kappa shape index (κ2) is 2.77. The van der Waals surface area contributed by atoms with E-state index in [0.29, 0.717) is 11.8 Å². The molecule has 2 rings (SSSR count). The van der Waals surface area contributed by atoms with Gasteiger partial charge in [0.05, 0.1) is 11.7 Å². The van der Waals surface area contributed by atoms with E-state index in [1.807, 2.05) is 18.3 Å². The van der Waals surface area contributed by atoms with Gasteiger partial charge in [-0.05, 0) is 29.3 Å². The number of pyridine rings is 1. The zero-order chi connectivity index (χ0) is 8.55. The van der Waals surface area contributed by atoms with Gasteiger partial charge in [-0.15, -0.1) is 0 Å². The van der Waals surface area contributed by atoms with Crippen molar-refractivity contribution in [2.24, 2.45) is 5.73 Å². The Labute approximate surface area is 74.8 Å². The summed E-state index contributed by atoms with van der Waals surface area (Å²) < 4.78 is 1.81. The first-order chi connectivity index (χ1) is 5.81. The Morgan fingerprint density at radius 3 is 3.17 bits per heavy atom. The molecule has 0 aromatic carbocycles. The predicted octanol–water partition coefficient (Wildman–Crippen LogP) is 1.45. The molecule has 2 aromatic heterocycles. The molecule has 0 saturated carbocycles. The molecule has 0 aliphatic rings. The Kier molecular flexibility index (Phi) is 1.75. The van der Waals surface area contributed by atoms with Gasteiger partial charge in [0.25, 0.3) is 0 Å². The van der Waals surface area contributed by atoms with Crippen LogP contribution >= 0.6 is 11.6 Å².